The lowest BCUT2D eigenvalue weighted by atomic mass is 10.3. The number of carbonyl (C=O) groups excluding carboxylic acids is 2. The Balaban J connectivity index is 2.02. The standard InChI is InChI=1S/C17H20N4O4S/c1-4-25-16(23)13-9-19-17(21-14(13)18)26-10(2)15(22)20-11-6-5-7-12(8-11)24-3/h5-10H,4H2,1-3H3,(H,20,22)(H2,18,19,21). The topological polar surface area (TPSA) is 116 Å². The van der Waals surface area contributed by atoms with Crippen molar-refractivity contribution >= 4 is 35.1 Å². The third kappa shape index (κ3) is 5.09. The van der Waals surface area contributed by atoms with Crippen molar-refractivity contribution in [1.82, 2.24) is 9.97 Å². The first-order valence-electron chi connectivity index (χ1n) is 7.85. The molecule has 0 aliphatic heterocycles. The average molecular weight is 376 g/mol. The van der Waals surface area contributed by atoms with Crippen LogP contribution in [0.25, 0.3) is 0 Å². The number of carbonyl (C=O) groups is 2. The summed E-state index contributed by atoms with van der Waals surface area (Å²) in [6, 6.07) is 7.05. The van der Waals surface area contributed by atoms with Gasteiger partial charge in [0.05, 0.1) is 19.0 Å². The fraction of sp³-hybridized carbons (Fsp3) is 0.294. The highest BCUT2D eigenvalue weighted by Gasteiger charge is 2.19. The van der Waals surface area contributed by atoms with Crippen molar-refractivity contribution in [3.63, 3.8) is 0 Å². The molecule has 138 valence electrons. The second-order valence-electron chi connectivity index (χ2n) is 5.15. The predicted octanol–water partition coefficient (Wildman–Crippen LogP) is 2.36. The molecule has 0 spiro atoms. The van der Waals surface area contributed by atoms with Gasteiger partial charge in [0.1, 0.15) is 17.1 Å². The Morgan fingerprint density at radius 3 is 2.81 bits per heavy atom. The number of anilines is 2. The van der Waals surface area contributed by atoms with Crippen LogP contribution in [0.5, 0.6) is 5.75 Å². The van der Waals surface area contributed by atoms with Gasteiger partial charge in [-0.2, -0.15) is 0 Å². The molecule has 1 amide bonds. The van der Waals surface area contributed by atoms with Gasteiger partial charge in [-0.25, -0.2) is 14.8 Å². The fourth-order valence-electron chi connectivity index (χ4n) is 1.96. The van der Waals surface area contributed by atoms with E-state index in [4.69, 9.17) is 15.2 Å². The quantitative estimate of drug-likeness (QED) is 0.430. The number of nitrogens with two attached hydrogens (primary N) is 1. The summed E-state index contributed by atoms with van der Waals surface area (Å²) in [6.45, 7) is 3.65. The number of esters is 1. The summed E-state index contributed by atoms with van der Waals surface area (Å²) in [4.78, 5) is 32.2. The van der Waals surface area contributed by atoms with Gasteiger partial charge in [0.2, 0.25) is 5.91 Å². The van der Waals surface area contributed by atoms with Crippen molar-refractivity contribution < 1.29 is 19.1 Å². The molecule has 1 aromatic heterocycles. The molecule has 3 N–H and O–H groups in total. The summed E-state index contributed by atoms with van der Waals surface area (Å²) >= 11 is 1.13. The first-order valence-corrected chi connectivity index (χ1v) is 8.73. The number of benzene rings is 1. The minimum absolute atomic E-state index is 0.0151. The Hall–Kier alpha value is -2.81. The van der Waals surface area contributed by atoms with E-state index in [0.717, 1.165) is 11.8 Å². The van der Waals surface area contributed by atoms with E-state index in [0.29, 0.717) is 16.6 Å². The van der Waals surface area contributed by atoms with Crippen LogP contribution in [-0.2, 0) is 9.53 Å². The van der Waals surface area contributed by atoms with E-state index in [1.165, 1.54) is 6.20 Å². The van der Waals surface area contributed by atoms with Gasteiger partial charge in [-0.3, -0.25) is 4.79 Å². The van der Waals surface area contributed by atoms with Gasteiger partial charge < -0.3 is 20.5 Å². The normalized spacial score (nSPS) is 11.5. The first kappa shape index (κ1) is 19.5. The molecule has 2 rings (SSSR count). The number of nitrogen functional groups attached to an aromatic ring is 1. The molecule has 1 heterocycles. The molecular weight excluding hydrogens is 356 g/mol. The van der Waals surface area contributed by atoms with Gasteiger partial charge in [-0.15, -0.1) is 0 Å². The van der Waals surface area contributed by atoms with Gasteiger partial charge in [-0.1, -0.05) is 17.8 Å². The molecule has 1 unspecified atom stereocenters. The number of rotatable bonds is 7. The third-order valence-electron chi connectivity index (χ3n) is 3.28. The lowest BCUT2D eigenvalue weighted by molar-refractivity contribution is -0.115. The van der Waals surface area contributed by atoms with E-state index < -0.39 is 11.2 Å². The van der Waals surface area contributed by atoms with Crippen molar-refractivity contribution in [3.8, 4) is 5.75 Å². The second kappa shape index (κ2) is 9.04. The summed E-state index contributed by atoms with van der Waals surface area (Å²) in [5.41, 5.74) is 6.51. The summed E-state index contributed by atoms with van der Waals surface area (Å²) in [7, 11) is 1.56. The van der Waals surface area contributed by atoms with Crippen LogP contribution in [0.4, 0.5) is 11.5 Å². The molecule has 9 heteroatoms. The van der Waals surface area contributed by atoms with Crippen molar-refractivity contribution in [3.05, 3.63) is 36.0 Å². The molecule has 26 heavy (non-hydrogen) atoms. The van der Waals surface area contributed by atoms with Gasteiger partial charge in [-0.05, 0) is 26.0 Å². The number of hydrogen-bond acceptors (Lipinski definition) is 8. The van der Waals surface area contributed by atoms with Crippen LogP contribution in [0.1, 0.15) is 24.2 Å². The van der Waals surface area contributed by atoms with Gasteiger partial charge in [0.25, 0.3) is 0 Å². The minimum Gasteiger partial charge on any atom is -0.497 e. The highest BCUT2D eigenvalue weighted by atomic mass is 32.2. The minimum atomic E-state index is -0.578. The Kier molecular flexibility index (Phi) is 6.79. The average Bonchev–Trinajstić information content (AvgIpc) is 2.62. The van der Waals surface area contributed by atoms with E-state index in [2.05, 4.69) is 15.3 Å². The molecule has 1 aromatic carbocycles. The maximum absolute atomic E-state index is 12.3. The van der Waals surface area contributed by atoms with E-state index in [1.807, 2.05) is 0 Å². The van der Waals surface area contributed by atoms with E-state index in [9.17, 15) is 9.59 Å². The molecule has 0 bridgehead atoms. The number of aromatic nitrogens is 2. The number of hydrogen-bond donors (Lipinski definition) is 2. The molecule has 0 aliphatic carbocycles. The number of amides is 1. The predicted molar refractivity (Wildman–Crippen MR) is 99.3 cm³/mol. The third-order valence-corrected chi connectivity index (χ3v) is 4.26. The van der Waals surface area contributed by atoms with E-state index in [1.54, 1.807) is 45.2 Å². The molecule has 0 radical (unpaired) electrons. The summed E-state index contributed by atoms with van der Waals surface area (Å²) in [6.07, 6.45) is 1.30. The lowest BCUT2D eigenvalue weighted by Crippen LogP contribution is -2.22. The number of ether oxygens (including phenoxy) is 2. The molecule has 0 fully saturated rings. The number of methoxy groups -OCH3 is 1. The zero-order valence-electron chi connectivity index (χ0n) is 14.7. The zero-order chi connectivity index (χ0) is 19.1. The van der Waals surface area contributed by atoms with Crippen LogP contribution >= 0.6 is 11.8 Å². The Morgan fingerprint density at radius 2 is 2.15 bits per heavy atom. The summed E-state index contributed by atoms with van der Waals surface area (Å²) in [5.74, 6) is -0.139. The maximum Gasteiger partial charge on any atom is 0.343 e. The molecule has 8 nitrogen and oxygen atoms in total. The monoisotopic (exact) mass is 376 g/mol. The van der Waals surface area contributed by atoms with Crippen molar-refractivity contribution in [2.24, 2.45) is 0 Å². The van der Waals surface area contributed by atoms with Crippen LogP contribution in [0.2, 0.25) is 0 Å². The fourth-order valence-corrected chi connectivity index (χ4v) is 2.70. The zero-order valence-corrected chi connectivity index (χ0v) is 15.5. The van der Waals surface area contributed by atoms with Gasteiger partial charge in [0, 0.05) is 18.0 Å². The number of nitrogens with zero attached hydrogens (tertiary/aromatic N) is 2. The van der Waals surface area contributed by atoms with E-state index >= 15 is 0 Å². The van der Waals surface area contributed by atoms with Crippen molar-refractivity contribution in [1.29, 1.82) is 0 Å². The Labute approximate surface area is 155 Å². The molecule has 2 aromatic rings. The largest absolute Gasteiger partial charge is 0.497 e. The van der Waals surface area contributed by atoms with Gasteiger partial charge in [0.15, 0.2) is 5.16 Å². The Bertz CT molecular complexity index is 800. The molecule has 0 saturated heterocycles. The summed E-state index contributed by atoms with van der Waals surface area (Å²) in [5, 5.41) is 2.61. The van der Waals surface area contributed by atoms with Crippen molar-refractivity contribution in [2.45, 2.75) is 24.3 Å². The van der Waals surface area contributed by atoms with Crippen LogP contribution in [0.3, 0.4) is 0 Å². The maximum atomic E-state index is 12.3. The first-order chi connectivity index (χ1) is 12.4. The second-order valence-corrected chi connectivity index (χ2v) is 6.46. The van der Waals surface area contributed by atoms with Gasteiger partial charge >= 0.3 is 5.97 Å². The van der Waals surface area contributed by atoms with Crippen LogP contribution in [-0.4, -0.2) is 40.8 Å². The smallest absolute Gasteiger partial charge is 0.343 e. The van der Waals surface area contributed by atoms with Crippen LogP contribution < -0.4 is 15.8 Å². The lowest BCUT2D eigenvalue weighted by Gasteiger charge is -2.12. The van der Waals surface area contributed by atoms with Crippen molar-refractivity contribution in [2.75, 3.05) is 24.8 Å². The van der Waals surface area contributed by atoms with E-state index in [-0.39, 0.29) is 23.9 Å². The highest BCUT2D eigenvalue weighted by Crippen LogP contribution is 2.23. The Morgan fingerprint density at radius 1 is 1.38 bits per heavy atom. The SMILES string of the molecule is CCOC(=O)c1cnc(SC(C)C(=O)Nc2cccc(OC)c2)nc1N. The van der Waals surface area contributed by atoms with Crippen LogP contribution in [0, 0.1) is 0 Å². The molecule has 0 saturated carbocycles. The molecule has 1 atom stereocenters. The molecular formula is C17H20N4O4S. The molecule has 0 aliphatic rings. The number of nitrogens with one attached hydrogen (secondary N) is 1. The highest BCUT2D eigenvalue weighted by molar-refractivity contribution is 8.00. The number of thioether (sulfide) groups is 1. The van der Waals surface area contributed by atoms with Crippen LogP contribution in [0.15, 0.2) is 35.6 Å². The summed E-state index contributed by atoms with van der Waals surface area (Å²) < 4.78 is 10.00.